The minimum atomic E-state index is -4.14. The van der Waals surface area contributed by atoms with Crippen molar-refractivity contribution in [1.29, 1.82) is 0 Å². The summed E-state index contributed by atoms with van der Waals surface area (Å²) >= 11 is 1.43. The molecule has 2 N–H and O–H groups in total. The number of piperazine rings is 1. The number of carbonyl (C=O) groups is 2. The van der Waals surface area contributed by atoms with Gasteiger partial charge in [0.15, 0.2) is 23.8 Å². The lowest BCUT2D eigenvalue weighted by atomic mass is 9.90. The summed E-state index contributed by atoms with van der Waals surface area (Å²) in [6, 6.07) is 21.1. The largest absolute Gasteiger partial charge is 0.737 e. The van der Waals surface area contributed by atoms with Gasteiger partial charge in [0.05, 0.1) is 29.1 Å². The Morgan fingerprint density at radius 3 is 2.31 bits per heavy atom. The Morgan fingerprint density at radius 1 is 0.792 bits per heavy atom. The first kappa shape index (κ1) is 48.5. The number of morpholine rings is 1. The summed E-state index contributed by atoms with van der Waals surface area (Å²) in [6.07, 6.45) is 8.41. The van der Waals surface area contributed by atoms with E-state index in [9.17, 15) is 18.4 Å². The van der Waals surface area contributed by atoms with Gasteiger partial charge >= 0.3 is 6.97 Å². The van der Waals surface area contributed by atoms with Gasteiger partial charge in [0.2, 0.25) is 23.8 Å². The van der Waals surface area contributed by atoms with Gasteiger partial charge in [-0.25, -0.2) is 13.8 Å². The van der Waals surface area contributed by atoms with Crippen LogP contribution in [-0.4, -0.2) is 142 Å². The number of amides is 2. The standard InChI is InChI=1S/C50H53BF4N12O4S/c52-46(53)47-58-40-7-3-4-8-41(40)65(47)50-60-48(59-49(61-50)64-28-30-70-31-29-64)63-26-24-62(25-27-63)23-22-57-44(68)10-2-1-5-21-56-45(69)34-71-39-18-12-35(13-19-39)11-14-36-15-16-37-33-38-17-20-42(43-9-6-32-72-43)67(38)51(54,55)66(36)37/h3-4,6-9,11-20,32-33,46H,1-2,5,10,21-31,34H2,(H,56,69)(H,57,68)/b14-11+. The average Bonchev–Trinajstić information content (AvgIpc) is 4.24. The van der Waals surface area contributed by atoms with E-state index in [1.807, 2.05) is 27.3 Å². The molecule has 22 heteroatoms. The highest BCUT2D eigenvalue weighted by Crippen LogP contribution is 2.35. The van der Waals surface area contributed by atoms with Crippen LogP contribution in [0, 0.1) is 0 Å². The van der Waals surface area contributed by atoms with E-state index in [4.69, 9.17) is 19.4 Å². The summed E-state index contributed by atoms with van der Waals surface area (Å²) in [5.41, 5.74) is 3.48. The van der Waals surface area contributed by atoms with E-state index < -0.39 is 19.2 Å². The van der Waals surface area contributed by atoms with Crippen LogP contribution in [0.5, 0.6) is 5.75 Å². The van der Waals surface area contributed by atoms with Crippen molar-refractivity contribution in [1.82, 2.24) is 44.5 Å². The minimum Gasteiger partial charge on any atom is -0.484 e. The summed E-state index contributed by atoms with van der Waals surface area (Å²) in [5, 5.41) is 7.75. The highest BCUT2D eigenvalue weighted by atomic mass is 32.1. The molecule has 0 unspecified atom stereocenters. The van der Waals surface area contributed by atoms with Crippen LogP contribution in [0.25, 0.3) is 35.2 Å². The molecule has 72 heavy (non-hydrogen) atoms. The molecular formula is C50H53BF4N12O4S. The maximum atomic E-state index is 16.2. The van der Waals surface area contributed by atoms with Crippen molar-refractivity contribution in [2.75, 3.05) is 88.5 Å². The number of fused-ring (bicyclic) bond motifs is 3. The second-order valence-corrected chi connectivity index (χ2v) is 18.7. The number of thiophene rings is 1. The second kappa shape index (κ2) is 21.7. The summed E-state index contributed by atoms with van der Waals surface area (Å²) < 4.78 is 75.7. The van der Waals surface area contributed by atoms with Gasteiger partial charge < -0.3 is 47.5 Å². The van der Waals surface area contributed by atoms with Crippen molar-refractivity contribution in [3.8, 4) is 11.7 Å². The Hall–Kier alpha value is -7.17. The van der Waals surface area contributed by atoms with Crippen LogP contribution in [0.4, 0.5) is 29.3 Å². The number of anilines is 2. The highest BCUT2D eigenvalue weighted by Gasteiger charge is 2.52. The second-order valence-electron chi connectivity index (χ2n) is 17.7. The van der Waals surface area contributed by atoms with Crippen molar-refractivity contribution in [2.45, 2.75) is 32.1 Å². The van der Waals surface area contributed by atoms with Gasteiger partial charge in [0.25, 0.3) is 12.3 Å². The van der Waals surface area contributed by atoms with E-state index in [1.54, 1.807) is 91.0 Å². The van der Waals surface area contributed by atoms with Crippen molar-refractivity contribution < 1.29 is 41.0 Å². The van der Waals surface area contributed by atoms with Crippen LogP contribution in [0.15, 0.2) is 96.0 Å². The number of imidazole rings is 1. The Kier molecular flexibility index (Phi) is 14.6. The first-order chi connectivity index (χ1) is 35.1. The van der Waals surface area contributed by atoms with Gasteiger partial charge in [0.1, 0.15) is 5.75 Å². The van der Waals surface area contributed by atoms with Crippen molar-refractivity contribution in [2.24, 2.45) is 0 Å². The molecule has 0 spiro atoms. The van der Waals surface area contributed by atoms with Crippen LogP contribution in [0.3, 0.4) is 0 Å². The van der Waals surface area contributed by atoms with Gasteiger partial charge in [0, 0.05) is 94.9 Å². The van der Waals surface area contributed by atoms with Crippen LogP contribution in [0.1, 0.15) is 59.8 Å². The topological polar surface area (TPSA) is 151 Å². The number of benzene rings is 2. The zero-order chi connectivity index (χ0) is 49.6. The van der Waals surface area contributed by atoms with Crippen molar-refractivity contribution >= 4 is 77.0 Å². The minimum absolute atomic E-state index is 0.0275. The third kappa shape index (κ3) is 10.7. The maximum absolute atomic E-state index is 16.2. The lowest BCUT2D eigenvalue weighted by Crippen LogP contribution is -2.50. The SMILES string of the molecule is O=C(CCCCCNC(=O)COc1ccc(/C=C/c2ccc3n2[B-](F)(F)[N+]2=C(c4cccs4)C=CC2=C3)cc1)NCCN1CCN(c2nc(N3CCOCC3)nc(-n3c(C(F)F)nc4ccccc43)n2)CC1. The monoisotopic (exact) mass is 1000 g/mol. The van der Waals surface area contributed by atoms with E-state index in [2.05, 4.69) is 25.5 Å². The molecule has 2 aromatic carbocycles. The molecule has 8 heterocycles. The van der Waals surface area contributed by atoms with E-state index in [0.29, 0.717) is 143 Å². The molecule has 374 valence electrons. The van der Waals surface area contributed by atoms with Crippen LogP contribution < -0.4 is 25.2 Å². The first-order valence-electron chi connectivity index (χ1n) is 24.2. The van der Waals surface area contributed by atoms with E-state index in [0.717, 1.165) is 25.8 Å². The summed E-state index contributed by atoms with van der Waals surface area (Å²) in [7, 11) is 0. The molecule has 0 saturated carbocycles. The number of hydrogen-bond donors (Lipinski definition) is 2. The molecular weight excluding hydrogens is 952 g/mol. The molecule has 4 aromatic heterocycles. The van der Waals surface area contributed by atoms with E-state index in [-0.39, 0.29) is 24.4 Å². The number of para-hydroxylation sites is 2. The number of unbranched alkanes of at least 4 members (excludes halogenated alkanes) is 2. The molecule has 16 nitrogen and oxygen atoms in total. The average molecular weight is 1000 g/mol. The smallest absolute Gasteiger partial charge is 0.484 e. The number of carbonyl (C=O) groups excluding carboxylic acids is 2. The van der Waals surface area contributed by atoms with Crippen LogP contribution in [-0.2, 0) is 14.3 Å². The molecule has 4 aliphatic heterocycles. The highest BCUT2D eigenvalue weighted by molar-refractivity contribution is 7.12. The number of hydrogen-bond acceptors (Lipinski definition) is 12. The van der Waals surface area contributed by atoms with Crippen LogP contribution in [0.2, 0.25) is 0 Å². The van der Waals surface area contributed by atoms with Gasteiger partial charge in [-0.05, 0) is 72.3 Å². The predicted molar refractivity (Wildman–Crippen MR) is 270 cm³/mol. The van der Waals surface area contributed by atoms with Gasteiger partial charge in [-0.15, -0.1) is 11.3 Å². The number of halogens is 4. The van der Waals surface area contributed by atoms with Gasteiger partial charge in [-0.1, -0.05) is 42.8 Å². The van der Waals surface area contributed by atoms with Gasteiger partial charge in [-0.3, -0.25) is 19.1 Å². The molecule has 10 rings (SSSR count). The number of alkyl halides is 2. The molecule has 0 bridgehead atoms. The molecule has 2 amide bonds. The molecule has 0 aliphatic carbocycles. The van der Waals surface area contributed by atoms with Crippen molar-refractivity contribution in [3.05, 3.63) is 124 Å². The number of allylic oxidation sites excluding steroid dienone is 2. The molecule has 6 aromatic rings. The van der Waals surface area contributed by atoms with Crippen LogP contribution >= 0.6 is 11.3 Å². The normalized spacial score (nSPS) is 16.7. The van der Waals surface area contributed by atoms with Crippen molar-refractivity contribution in [3.63, 3.8) is 0 Å². The zero-order valence-corrected chi connectivity index (χ0v) is 40.2. The first-order valence-corrected chi connectivity index (χ1v) is 25.1. The molecule has 2 fully saturated rings. The molecule has 0 radical (unpaired) electrons. The summed E-state index contributed by atoms with van der Waals surface area (Å²) in [4.78, 5) is 50.6. The Morgan fingerprint density at radius 2 is 1.54 bits per heavy atom. The fraction of sp³-hybridized carbons (Fsp3) is 0.340. The molecule has 2 saturated heterocycles. The van der Waals surface area contributed by atoms with E-state index in [1.165, 1.54) is 15.9 Å². The fourth-order valence-electron chi connectivity index (χ4n) is 9.29. The lowest BCUT2D eigenvalue weighted by Gasteiger charge is -2.35. The lowest BCUT2D eigenvalue weighted by molar-refractivity contribution is -0.360. The summed E-state index contributed by atoms with van der Waals surface area (Å²) in [5.74, 6) is 0.678. The Balaban J connectivity index is 0.616. The number of nitrogens with zero attached hydrogens (tertiary/aromatic N) is 10. The number of nitrogens with one attached hydrogen (secondary N) is 2. The number of ether oxygens (including phenoxy) is 2. The Labute approximate surface area is 417 Å². The number of rotatable bonds is 19. The van der Waals surface area contributed by atoms with Gasteiger partial charge in [-0.2, -0.15) is 15.0 Å². The maximum Gasteiger partial charge on any atom is 0.737 e. The quantitative estimate of drug-likeness (QED) is 0.0510. The number of aromatic nitrogens is 6. The predicted octanol–water partition coefficient (Wildman–Crippen LogP) is 6.66. The third-order valence-electron chi connectivity index (χ3n) is 13.0. The zero-order valence-electron chi connectivity index (χ0n) is 39.4. The molecule has 0 atom stereocenters. The van der Waals surface area contributed by atoms with E-state index >= 15 is 8.63 Å². The fourth-order valence-corrected chi connectivity index (χ4v) is 10.0. The Bertz CT molecular complexity index is 3040. The third-order valence-corrected chi connectivity index (χ3v) is 13.9. The summed E-state index contributed by atoms with van der Waals surface area (Å²) in [6.45, 7) is 2.05. The molecule has 4 aliphatic rings.